The zero-order chi connectivity index (χ0) is 14.6. The standard InChI is InChI=1S/C14H23N3O2/c1-7-10(2)11(12-15-8-9-17(12)6)16-13(18)19-14(3,4)5/h8-9,11H,2,7H2,1,3-6H3,(H,16,18). The van der Waals surface area contributed by atoms with Gasteiger partial charge in [0, 0.05) is 19.4 Å². The number of hydrogen-bond acceptors (Lipinski definition) is 3. The molecule has 5 nitrogen and oxygen atoms in total. The van der Waals surface area contributed by atoms with Gasteiger partial charge >= 0.3 is 6.09 Å². The predicted molar refractivity (Wildman–Crippen MR) is 74.7 cm³/mol. The molecule has 1 aromatic heterocycles. The van der Waals surface area contributed by atoms with E-state index < -0.39 is 11.7 Å². The second kappa shape index (κ2) is 5.91. The van der Waals surface area contributed by atoms with E-state index in [1.807, 2.05) is 45.5 Å². The number of carbonyl (C=O) groups is 1. The van der Waals surface area contributed by atoms with Crippen molar-refractivity contribution < 1.29 is 9.53 Å². The first kappa shape index (κ1) is 15.3. The predicted octanol–water partition coefficient (Wildman–Crippen LogP) is 2.95. The summed E-state index contributed by atoms with van der Waals surface area (Å²) >= 11 is 0. The third kappa shape index (κ3) is 4.43. The van der Waals surface area contributed by atoms with Crippen molar-refractivity contribution in [3.63, 3.8) is 0 Å². The molecule has 0 saturated heterocycles. The summed E-state index contributed by atoms with van der Waals surface area (Å²) in [5, 5.41) is 2.82. The summed E-state index contributed by atoms with van der Waals surface area (Å²) in [7, 11) is 1.88. The Bertz CT molecular complexity index is 458. The van der Waals surface area contributed by atoms with Crippen molar-refractivity contribution in [3.8, 4) is 0 Å². The summed E-state index contributed by atoms with van der Waals surface area (Å²) in [5.41, 5.74) is 0.365. The lowest BCUT2D eigenvalue weighted by molar-refractivity contribution is 0.0508. The summed E-state index contributed by atoms with van der Waals surface area (Å²) in [4.78, 5) is 16.2. The number of nitrogens with zero attached hydrogens (tertiary/aromatic N) is 2. The van der Waals surface area contributed by atoms with Crippen LogP contribution >= 0.6 is 0 Å². The number of carbonyl (C=O) groups excluding carboxylic acids is 1. The fraction of sp³-hybridized carbons (Fsp3) is 0.571. The molecule has 0 aliphatic heterocycles. The highest BCUT2D eigenvalue weighted by molar-refractivity contribution is 5.68. The zero-order valence-corrected chi connectivity index (χ0v) is 12.4. The van der Waals surface area contributed by atoms with Crippen LogP contribution < -0.4 is 5.32 Å². The molecule has 0 radical (unpaired) electrons. The van der Waals surface area contributed by atoms with Crippen molar-refractivity contribution in [1.82, 2.24) is 14.9 Å². The van der Waals surface area contributed by atoms with Gasteiger partial charge in [-0.25, -0.2) is 9.78 Å². The monoisotopic (exact) mass is 265 g/mol. The van der Waals surface area contributed by atoms with Gasteiger partial charge in [-0.05, 0) is 32.8 Å². The summed E-state index contributed by atoms with van der Waals surface area (Å²) in [6.45, 7) is 11.5. The van der Waals surface area contributed by atoms with E-state index in [4.69, 9.17) is 4.74 Å². The van der Waals surface area contributed by atoms with Gasteiger partial charge in [0.1, 0.15) is 17.5 Å². The largest absolute Gasteiger partial charge is 0.444 e. The summed E-state index contributed by atoms with van der Waals surface area (Å²) in [6.07, 6.45) is 3.83. The molecule has 1 unspecified atom stereocenters. The molecule has 0 aliphatic rings. The number of imidazole rings is 1. The van der Waals surface area contributed by atoms with Crippen LogP contribution in [-0.2, 0) is 11.8 Å². The number of ether oxygens (including phenoxy) is 1. The molecule has 0 fully saturated rings. The fourth-order valence-corrected chi connectivity index (χ4v) is 1.63. The molecule has 1 aromatic rings. The molecular formula is C14H23N3O2. The van der Waals surface area contributed by atoms with Crippen LogP contribution in [0.1, 0.15) is 46.0 Å². The molecule has 0 aromatic carbocycles. The summed E-state index contributed by atoms with van der Waals surface area (Å²) in [5.74, 6) is 0.748. The van der Waals surface area contributed by atoms with Crippen molar-refractivity contribution in [2.24, 2.45) is 7.05 Å². The van der Waals surface area contributed by atoms with Crippen LogP contribution in [0.3, 0.4) is 0 Å². The first-order valence-electron chi connectivity index (χ1n) is 6.39. The Morgan fingerprint density at radius 1 is 1.58 bits per heavy atom. The van der Waals surface area contributed by atoms with Gasteiger partial charge in [-0.3, -0.25) is 0 Å². The van der Waals surface area contributed by atoms with Gasteiger partial charge in [0.15, 0.2) is 0 Å². The maximum absolute atomic E-state index is 11.9. The van der Waals surface area contributed by atoms with Crippen LogP contribution in [0.2, 0.25) is 0 Å². The number of rotatable bonds is 4. The SMILES string of the molecule is C=C(CC)C(NC(=O)OC(C)(C)C)c1nccn1C. The van der Waals surface area contributed by atoms with E-state index in [0.717, 1.165) is 17.8 Å². The second-order valence-corrected chi connectivity index (χ2v) is 5.49. The number of amides is 1. The molecule has 5 heteroatoms. The second-order valence-electron chi connectivity index (χ2n) is 5.49. The van der Waals surface area contributed by atoms with Crippen molar-refractivity contribution in [1.29, 1.82) is 0 Å². The fourth-order valence-electron chi connectivity index (χ4n) is 1.63. The highest BCUT2D eigenvalue weighted by atomic mass is 16.6. The van der Waals surface area contributed by atoms with E-state index in [1.54, 1.807) is 6.20 Å². The number of alkyl carbamates (subject to hydrolysis) is 1. The van der Waals surface area contributed by atoms with Gasteiger partial charge in [-0.2, -0.15) is 0 Å². The number of aromatic nitrogens is 2. The van der Waals surface area contributed by atoms with Crippen LogP contribution in [0.25, 0.3) is 0 Å². The number of aryl methyl sites for hydroxylation is 1. The first-order valence-corrected chi connectivity index (χ1v) is 6.39. The smallest absolute Gasteiger partial charge is 0.408 e. The van der Waals surface area contributed by atoms with Crippen molar-refractivity contribution in [2.75, 3.05) is 0 Å². The molecule has 0 bridgehead atoms. The molecule has 0 saturated carbocycles. The molecule has 1 heterocycles. The average molecular weight is 265 g/mol. The normalized spacial score (nSPS) is 12.9. The minimum Gasteiger partial charge on any atom is -0.444 e. The molecule has 106 valence electrons. The van der Waals surface area contributed by atoms with E-state index in [1.165, 1.54) is 0 Å². The molecule has 1 amide bonds. The van der Waals surface area contributed by atoms with Gasteiger partial charge in [0.2, 0.25) is 0 Å². The van der Waals surface area contributed by atoms with E-state index in [0.29, 0.717) is 0 Å². The van der Waals surface area contributed by atoms with Crippen LogP contribution in [0.15, 0.2) is 24.5 Å². The zero-order valence-electron chi connectivity index (χ0n) is 12.4. The number of hydrogen-bond donors (Lipinski definition) is 1. The van der Waals surface area contributed by atoms with Crippen molar-refractivity contribution >= 4 is 6.09 Å². The van der Waals surface area contributed by atoms with Gasteiger partial charge < -0.3 is 14.6 Å². The van der Waals surface area contributed by atoms with E-state index in [2.05, 4.69) is 16.9 Å². The highest BCUT2D eigenvalue weighted by Crippen LogP contribution is 2.21. The Balaban J connectivity index is 2.86. The maximum atomic E-state index is 11.9. The highest BCUT2D eigenvalue weighted by Gasteiger charge is 2.24. The lowest BCUT2D eigenvalue weighted by Gasteiger charge is -2.24. The lowest BCUT2D eigenvalue weighted by Crippen LogP contribution is -2.36. The third-order valence-electron chi connectivity index (χ3n) is 2.64. The third-order valence-corrected chi connectivity index (χ3v) is 2.64. The van der Waals surface area contributed by atoms with E-state index in [9.17, 15) is 4.79 Å². The van der Waals surface area contributed by atoms with E-state index in [-0.39, 0.29) is 6.04 Å². The van der Waals surface area contributed by atoms with Gasteiger partial charge in [0.05, 0.1) is 0 Å². The first-order chi connectivity index (χ1) is 8.74. The quantitative estimate of drug-likeness (QED) is 0.851. The minimum absolute atomic E-state index is 0.333. The molecule has 19 heavy (non-hydrogen) atoms. The number of nitrogens with one attached hydrogen (secondary N) is 1. The molecule has 0 spiro atoms. The van der Waals surface area contributed by atoms with Crippen LogP contribution in [0, 0.1) is 0 Å². The Morgan fingerprint density at radius 3 is 2.63 bits per heavy atom. The summed E-state index contributed by atoms with van der Waals surface area (Å²) < 4.78 is 7.14. The van der Waals surface area contributed by atoms with Crippen molar-refractivity contribution in [2.45, 2.75) is 45.8 Å². The molecule has 0 aliphatic carbocycles. The van der Waals surface area contributed by atoms with Crippen LogP contribution in [0.5, 0.6) is 0 Å². The van der Waals surface area contributed by atoms with Crippen molar-refractivity contribution in [3.05, 3.63) is 30.4 Å². The van der Waals surface area contributed by atoms with Crippen LogP contribution in [0.4, 0.5) is 4.79 Å². The molecule has 1 atom stereocenters. The Hall–Kier alpha value is -1.78. The topological polar surface area (TPSA) is 56.1 Å². The van der Waals surface area contributed by atoms with Crippen LogP contribution in [-0.4, -0.2) is 21.2 Å². The molecule has 1 N–H and O–H groups in total. The van der Waals surface area contributed by atoms with Gasteiger partial charge in [0.25, 0.3) is 0 Å². The Kier molecular flexibility index (Phi) is 4.75. The minimum atomic E-state index is -0.524. The Morgan fingerprint density at radius 2 is 2.21 bits per heavy atom. The van der Waals surface area contributed by atoms with E-state index >= 15 is 0 Å². The van der Waals surface area contributed by atoms with Gasteiger partial charge in [-0.1, -0.05) is 13.5 Å². The summed E-state index contributed by atoms with van der Waals surface area (Å²) in [6, 6.07) is -0.333. The molecular weight excluding hydrogens is 242 g/mol. The van der Waals surface area contributed by atoms with Gasteiger partial charge in [-0.15, -0.1) is 0 Å². The maximum Gasteiger partial charge on any atom is 0.408 e. The Labute approximate surface area is 114 Å². The molecule has 1 rings (SSSR count). The average Bonchev–Trinajstić information content (AvgIpc) is 2.69. The lowest BCUT2D eigenvalue weighted by atomic mass is 10.1.